The van der Waals surface area contributed by atoms with E-state index in [4.69, 9.17) is 21.1 Å². The molecule has 0 unspecified atom stereocenters. The first-order valence-corrected chi connectivity index (χ1v) is 14.6. The first kappa shape index (κ1) is 25.6. The van der Waals surface area contributed by atoms with Gasteiger partial charge < -0.3 is 9.47 Å². The van der Waals surface area contributed by atoms with E-state index < -0.39 is 20.0 Å². The highest BCUT2D eigenvalue weighted by Gasteiger charge is 2.30. The van der Waals surface area contributed by atoms with Crippen molar-refractivity contribution in [1.82, 2.24) is 9.03 Å². The molecular weight excluding hydrogens is 500 g/mol. The fourth-order valence-electron chi connectivity index (χ4n) is 4.11. The largest absolute Gasteiger partial charge is 0.377 e. The van der Waals surface area contributed by atoms with Gasteiger partial charge >= 0.3 is 0 Å². The summed E-state index contributed by atoms with van der Waals surface area (Å²) >= 11 is 6.29. The molecule has 0 spiro atoms. The first-order chi connectivity index (χ1) is 16.3. The van der Waals surface area contributed by atoms with Crippen LogP contribution >= 0.6 is 11.6 Å². The number of benzene rings is 2. The second-order valence-electron chi connectivity index (χ2n) is 8.48. The second kappa shape index (κ2) is 11.0. The fourth-order valence-corrected chi connectivity index (χ4v) is 6.82. The standard InChI is InChI=1S/C23H29ClN2O6S2/c24-23-8-2-1-5-18(23)16-26(17-20-7-4-14-32-20)34(29,30)22-11-9-21(10-12-22)33(27,28)25-15-19-6-3-13-31-19/h1-2,5,8-12,19-20,25H,3-4,6-7,13-17H2/t19-,20+/m0/s1. The van der Waals surface area contributed by atoms with E-state index in [1.807, 2.05) is 0 Å². The van der Waals surface area contributed by atoms with Gasteiger partial charge in [0.2, 0.25) is 20.0 Å². The summed E-state index contributed by atoms with van der Waals surface area (Å²) in [5.41, 5.74) is 0.684. The Morgan fingerprint density at radius 3 is 2.12 bits per heavy atom. The van der Waals surface area contributed by atoms with Crippen molar-refractivity contribution in [1.29, 1.82) is 0 Å². The molecule has 0 saturated carbocycles. The van der Waals surface area contributed by atoms with Crippen molar-refractivity contribution in [2.24, 2.45) is 0 Å². The molecule has 2 aliphatic rings. The highest BCUT2D eigenvalue weighted by Crippen LogP contribution is 2.26. The van der Waals surface area contributed by atoms with Crippen molar-refractivity contribution in [2.75, 3.05) is 26.3 Å². The minimum absolute atomic E-state index is 0.00114. The molecule has 2 saturated heterocycles. The maximum Gasteiger partial charge on any atom is 0.243 e. The number of nitrogens with zero attached hydrogens (tertiary/aromatic N) is 1. The Hall–Kier alpha value is -1.53. The normalized spacial score (nSPS) is 21.4. The van der Waals surface area contributed by atoms with Crippen LogP contribution in [0.3, 0.4) is 0 Å². The van der Waals surface area contributed by atoms with Crippen LogP contribution in [0.4, 0.5) is 0 Å². The highest BCUT2D eigenvalue weighted by molar-refractivity contribution is 7.89. The molecule has 186 valence electrons. The van der Waals surface area contributed by atoms with Gasteiger partial charge in [-0.3, -0.25) is 0 Å². The molecule has 34 heavy (non-hydrogen) atoms. The Bertz CT molecular complexity index is 1180. The lowest BCUT2D eigenvalue weighted by Crippen LogP contribution is -2.37. The lowest BCUT2D eigenvalue weighted by Gasteiger charge is -2.25. The summed E-state index contributed by atoms with van der Waals surface area (Å²) in [5, 5.41) is 0.480. The summed E-state index contributed by atoms with van der Waals surface area (Å²) in [6, 6.07) is 12.4. The highest BCUT2D eigenvalue weighted by atomic mass is 35.5. The van der Waals surface area contributed by atoms with Crippen molar-refractivity contribution >= 4 is 31.6 Å². The Balaban J connectivity index is 1.53. The number of hydrogen-bond donors (Lipinski definition) is 1. The van der Waals surface area contributed by atoms with E-state index in [0.29, 0.717) is 23.8 Å². The van der Waals surface area contributed by atoms with E-state index in [0.717, 1.165) is 25.7 Å². The maximum absolute atomic E-state index is 13.5. The number of nitrogens with one attached hydrogen (secondary N) is 1. The minimum Gasteiger partial charge on any atom is -0.377 e. The third-order valence-corrected chi connectivity index (χ3v) is 9.67. The van der Waals surface area contributed by atoms with E-state index in [-0.39, 0.29) is 41.6 Å². The number of halogens is 1. The number of ether oxygens (including phenoxy) is 2. The summed E-state index contributed by atoms with van der Waals surface area (Å²) in [7, 11) is -7.71. The van der Waals surface area contributed by atoms with E-state index in [9.17, 15) is 16.8 Å². The quantitative estimate of drug-likeness (QED) is 0.508. The predicted molar refractivity (Wildman–Crippen MR) is 129 cm³/mol. The zero-order valence-electron chi connectivity index (χ0n) is 18.7. The van der Waals surface area contributed by atoms with Crippen LogP contribution in [0, 0.1) is 0 Å². The fraction of sp³-hybridized carbons (Fsp3) is 0.478. The Kier molecular flexibility index (Phi) is 8.29. The van der Waals surface area contributed by atoms with Gasteiger partial charge in [0.15, 0.2) is 0 Å². The van der Waals surface area contributed by atoms with Gasteiger partial charge in [-0.2, -0.15) is 4.31 Å². The average Bonchev–Trinajstić information content (AvgIpc) is 3.53. The lowest BCUT2D eigenvalue weighted by atomic mass is 10.2. The average molecular weight is 529 g/mol. The first-order valence-electron chi connectivity index (χ1n) is 11.3. The van der Waals surface area contributed by atoms with E-state index >= 15 is 0 Å². The summed E-state index contributed by atoms with van der Waals surface area (Å²) < 4.78 is 67.4. The van der Waals surface area contributed by atoms with Crippen LogP contribution in [0.2, 0.25) is 5.02 Å². The molecule has 0 aromatic heterocycles. The lowest BCUT2D eigenvalue weighted by molar-refractivity contribution is 0.0926. The molecule has 0 amide bonds. The molecule has 2 aromatic carbocycles. The molecule has 4 rings (SSSR count). The van der Waals surface area contributed by atoms with Gasteiger partial charge in [0.1, 0.15) is 0 Å². The van der Waals surface area contributed by atoms with E-state index in [2.05, 4.69) is 4.72 Å². The van der Waals surface area contributed by atoms with Crippen molar-refractivity contribution < 1.29 is 26.3 Å². The molecule has 1 N–H and O–H groups in total. The van der Waals surface area contributed by atoms with Gasteiger partial charge in [0.25, 0.3) is 0 Å². The third kappa shape index (κ3) is 6.17. The van der Waals surface area contributed by atoms with Crippen LogP contribution < -0.4 is 4.72 Å². The van der Waals surface area contributed by atoms with Gasteiger partial charge in [-0.1, -0.05) is 29.8 Å². The zero-order chi connectivity index (χ0) is 24.2. The summed E-state index contributed by atoms with van der Waals surface area (Å²) in [6.07, 6.45) is 3.06. The van der Waals surface area contributed by atoms with Gasteiger partial charge in [0.05, 0.1) is 22.0 Å². The molecule has 2 atom stereocenters. The van der Waals surface area contributed by atoms with Crippen LogP contribution in [0.1, 0.15) is 31.2 Å². The van der Waals surface area contributed by atoms with Crippen molar-refractivity contribution in [3.8, 4) is 0 Å². The molecule has 0 aliphatic carbocycles. The molecule has 0 bridgehead atoms. The molecule has 0 radical (unpaired) electrons. The number of hydrogen-bond acceptors (Lipinski definition) is 6. The topological polar surface area (TPSA) is 102 Å². The monoisotopic (exact) mass is 528 g/mol. The summed E-state index contributed by atoms with van der Waals surface area (Å²) in [4.78, 5) is 0.0110. The predicted octanol–water partition coefficient (Wildman–Crippen LogP) is 3.17. The Morgan fingerprint density at radius 1 is 0.882 bits per heavy atom. The van der Waals surface area contributed by atoms with Crippen LogP contribution in [-0.2, 0) is 36.1 Å². The number of sulfonamides is 2. The van der Waals surface area contributed by atoms with Crippen molar-refractivity contribution in [2.45, 2.75) is 54.2 Å². The smallest absolute Gasteiger partial charge is 0.243 e. The second-order valence-corrected chi connectivity index (χ2v) is 12.6. The number of rotatable bonds is 10. The SMILES string of the molecule is O=S(=O)(NC[C@@H]1CCCO1)c1ccc(S(=O)(=O)N(Cc2ccccc2Cl)C[C@H]2CCCO2)cc1. The van der Waals surface area contributed by atoms with Crippen LogP contribution in [0.25, 0.3) is 0 Å². The summed E-state index contributed by atoms with van der Waals surface area (Å²) in [5.74, 6) is 0. The van der Waals surface area contributed by atoms with Gasteiger partial charge in [-0.05, 0) is 61.6 Å². The molecular formula is C23H29ClN2O6S2. The zero-order valence-corrected chi connectivity index (χ0v) is 21.1. The minimum atomic E-state index is -3.93. The maximum atomic E-state index is 13.5. The van der Waals surface area contributed by atoms with Crippen molar-refractivity contribution in [3.05, 3.63) is 59.1 Å². The molecule has 11 heteroatoms. The molecule has 2 aromatic rings. The van der Waals surface area contributed by atoms with Crippen LogP contribution in [0.5, 0.6) is 0 Å². The van der Waals surface area contributed by atoms with Crippen LogP contribution in [0.15, 0.2) is 58.3 Å². The van der Waals surface area contributed by atoms with E-state index in [1.54, 1.807) is 24.3 Å². The molecule has 2 heterocycles. The molecule has 2 fully saturated rings. The molecule has 2 aliphatic heterocycles. The molecule has 8 nitrogen and oxygen atoms in total. The third-order valence-electron chi connectivity index (χ3n) is 6.03. The Labute approximate surface area is 206 Å². The van der Waals surface area contributed by atoms with E-state index in [1.165, 1.54) is 28.6 Å². The van der Waals surface area contributed by atoms with Crippen molar-refractivity contribution in [3.63, 3.8) is 0 Å². The summed E-state index contributed by atoms with van der Waals surface area (Å²) in [6.45, 7) is 1.71. The van der Waals surface area contributed by atoms with Crippen LogP contribution in [-0.4, -0.2) is 59.7 Å². The Morgan fingerprint density at radius 2 is 1.50 bits per heavy atom. The van der Waals surface area contributed by atoms with Gasteiger partial charge in [-0.15, -0.1) is 0 Å². The van der Waals surface area contributed by atoms with Gasteiger partial charge in [0, 0.05) is 37.9 Å². The van der Waals surface area contributed by atoms with Gasteiger partial charge in [-0.25, -0.2) is 21.6 Å².